The van der Waals surface area contributed by atoms with Gasteiger partial charge in [-0.2, -0.15) is 0 Å². The van der Waals surface area contributed by atoms with Gasteiger partial charge in [0.15, 0.2) is 15.0 Å². The molecule has 34 heavy (non-hydrogen) atoms. The van der Waals surface area contributed by atoms with Crippen molar-refractivity contribution in [3.8, 4) is 5.75 Å². The third-order valence-electron chi connectivity index (χ3n) is 5.94. The van der Waals surface area contributed by atoms with Gasteiger partial charge in [-0.15, -0.1) is 0 Å². The largest absolute Gasteiger partial charge is 0.494 e. The molecule has 0 atom stereocenters. The van der Waals surface area contributed by atoms with Crippen molar-refractivity contribution >= 4 is 42.4 Å². The molecule has 0 bridgehead atoms. The maximum absolute atomic E-state index is 13.4. The fourth-order valence-corrected chi connectivity index (χ4v) is 6.03. The minimum absolute atomic E-state index is 0.111. The number of amides is 1. The number of fused-ring (bicyclic) bond motifs is 1. The number of methoxy groups -OCH3 is 1. The number of aryl methyl sites for hydroxylation is 2. The third kappa shape index (κ3) is 5.95. The van der Waals surface area contributed by atoms with E-state index in [1.54, 1.807) is 36.3 Å². The zero-order valence-electron chi connectivity index (χ0n) is 20.5. The summed E-state index contributed by atoms with van der Waals surface area (Å²) in [4.78, 5) is 22.2. The Labute approximate surface area is 206 Å². The average molecular weight is 504 g/mol. The zero-order chi connectivity index (χ0) is 24.9. The lowest BCUT2D eigenvalue weighted by Crippen LogP contribution is -2.39. The van der Waals surface area contributed by atoms with Crippen LogP contribution in [-0.2, 0) is 14.6 Å². The highest BCUT2D eigenvalue weighted by Crippen LogP contribution is 2.36. The van der Waals surface area contributed by atoms with E-state index < -0.39 is 9.84 Å². The summed E-state index contributed by atoms with van der Waals surface area (Å²) >= 11 is 1.43. The molecule has 0 N–H and O–H groups in total. The number of benzene rings is 2. The predicted molar refractivity (Wildman–Crippen MR) is 139 cm³/mol. The van der Waals surface area contributed by atoms with E-state index in [0.29, 0.717) is 24.0 Å². The molecule has 0 unspecified atom stereocenters. The molecular formula is C25H33N3O4S2. The first-order chi connectivity index (χ1) is 16.2. The van der Waals surface area contributed by atoms with Crippen LogP contribution in [0.15, 0.2) is 41.3 Å². The summed E-state index contributed by atoms with van der Waals surface area (Å²) < 4.78 is 32.1. The number of carbonyl (C=O) groups is 1. The molecule has 0 aliphatic carbocycles. The van der Waals surface area contributed by atoms with Crippen molar-refractivity contribution in [3.63, 3.8) is 0 Å². The van der Waals surface area contributed by atoms with Crippen LogP contribution >= 0.6 is 11.3 Å². The van der Waals surface area contributed by atoms with Crippen LogP contribution in [0.1, 0.15) is 31.4 Å². The predicted octanol–water partition coefficient (Wildman–Crippen LogP) is 4.46. The van der Waals surface area contributed by atoms with Crippen molar-refractivity contribution in [3.05, 3.63) is 47.5 Å². The van der Waals surface area contributed by atoms with Gasteiger partial charge in [-0.25, -0.2) is 13.4 Å². The number of hydrogen-bond acceptors (Lipinski definition) is 7. The molecule has 3 rings (SSSR count). The maximum Gasteiger partial charge on any atom is 0.229 e. The number of sulfone groups is 1. The van der Waals surface area contributed by atoms with E-state index >= 15 is 0 Å². The number of hydrogen-bond donors (Lipinski definition) is 0. The van der Waals surface area contributed by atoms with Crippen LogP contribution < -0.4 is 9.64 Å². The number of anilines is 1. The topological polar surface area (TPSA) is 79.8 Å². The third-order valence-corrected chi connectivity index (χ3v) is 8.89. The lowest BCUT2D eigenvalue weighted by molar-refractivity contribution is -0.118. The van der Waals surface area contributed by atoms with E-state index in [2.05, 4.69) is 18.7 Å². The molecule has 0 radical (unpaired) electrons. The molecule has 9 heteroatoms. The molecule has 0 saturated carbocycles. The first kappa shape index (κ1) is 26.1. The smallest absolute Gasteiger partial charge is 0.229 e. The van der Waals surface area contributed by atoms with Crippen LogP contribution in [-0.4, -0.2) is 63.3 Å². The summed E-state index contributed by atoms with van der Waals surface area (Å²) in [6.45, 7) is 10.9. The van der Waals surface area contributed by atoms with Crippen LogP contribution in [0.25, 0.3) is 10.2 Å². The number of ether oxygens (including phenoxy) is 1. The fourth-order valence-electron chi connectivity index (χ4n) is 3.71. The van der Waals surface area contributed by atoms with E-state index in [1.165, 1.54) is 11.3 Å². The highest BCUT2D eigenvalue weighted by Gasteiger charge is 2.24. The van der Waals surface area contributed by atoms with Crippen LogP contribution in [0.5, 0.6) is 5.75 Å². The van der Waals surface area contributed by atoms with Crippen LogP contribution in [0.4, 0.5) is 5.13 Å². The minimum atomic E-state index is -3.57. The number of aromatic nitrogens is 1. The Morgan fingerprint density at radius 1 is 1.03 bits per heavy atom. The quantitative estimate of drug-likeness (QED) is 0.384. The number of nitrogens with zero attached hydrogens (tertiary/aromatic N) is 3. The highest BCUT2D eigenvalue weighted by molar-refractivity contribution is 7.91. The molecule has 0 fully saturated rings. The van der Waals surface area contributed by atoms with Crippen LogP contribution in [0.2, 0.25) is 0 Å². The van der Waals surface area contributed by atoms with E-state index in [9.17, 15) is 13.2 Å². The highest BCUT2D eigenvalue weighted by atomic mass is 32.2. The normalized spacial score (nSPS) is 11.8. The van der Waals surface area contributed by atoms with Crippen molar-refractivity contribution in [1.82, 2.24) is 9.88 Å². The molecule has 3 aromatic rings. The molecular weight excluding hydrogens is 470 g/mol. The lowest BCUT2D eigenvalue weighted by Gasteiger charge is -2.24. The summed E-state index contributed by atoms with van der Waals surface area (Å²) in [5, 5.41) is 0.562. The van der Waals surface area contributed by atoms with Gasteiger partial charge in [0, 0.05) is 19.5 Å². The Balaban J connectivity index is 1.88. The first-order valence-electron chi connectivity index (χ1n) is 11.5. The standard InChI is InChI=1S/C25H33N3O4S2/c1-6-27(7-2)15-16-28(25-26-23-21(32-5)13-10-19(4)24(23)33-25)22(29)14-17-34(30,31)20-11-8-18(3)9-12-20/h8-13H,6-7,14-17H2,1-5H3. The van der Waals surface area contributed by atoms with Gasteiger partial charge in [-0.3, -0.25) is 9.69 Å². The zero-order valence-corrected chi connectivity index (χ0v) is 22.1. The van der Waals surface area contributed by atoms with Crippen molar-refractivity contribution in [2.45, 2.75) is 39.0 Å². The van der Waals surface area contributed by atoms with Gasteiger partial charge < -0.3 is 9.64 Å². The summed E-state index contributed by atoms with van der Waals surface area (Å²) in [6, 6.07) is 10.6. The number of carbonyl (C=O) groups excluding carboxylic acids is 1. The maximum atomic E-state index is 13.4. The van der Waals surface area contributed by atoms with Gasteiger partial charge in [-0.1, -0.05) is 48.9 Å². The molecule has 0 saturated heterocycles. The van der Waals surface area contributed by atoms with Gasteiger partial charge in [-0.05, 0) is 50.7 Å². The number of likely N-dealkylation sites (N-methyl/N-ethyl adjacent to an activating group) is 1. The second-order valence-corrected chi connectivity index (χ2v) is 11.3. The minimum Gasteiger partial charge on any atom is -0.494 e. The van der Waals surface area contributed by atoms with E-state index in [0.717, 1.165) is 34.4 Å². The first-order valence-corrected chi connectivity index (χ1v) is 13.9. The monoisotopic (exact) mass is 503 g/mol. The van der Waals surface area contributed by atoms with Crippen molar-refractivity contribution in [2.75, 3.05) is 43.9 Å². The lowest BCUT2D eigenvalue weighted by atomic mass is 10.2. The molecule has 1 aromatic heterocycles. The summed E-state index contributed by atoms with van der Waals surface area (Å²) in [7, 11) is -1.97. The second kappa shape index (κ2) is 11.3. The molecule has 184 valence electrons. The number of thiazole rings is 1. The SMILES string of the molecule is CCN(CC)CCN(C(=O)CCS(=O)(=O)c1ccc(C)cc1)c1nc2c(OC)ccc(C)c2s1. The second-order valence-electron chi connectivity index (χ2n) is 8.21. The summed E-state index contributed by atoms with van der Waals surface area (Å²) in [6.07, 6.45) is -0.111. The molecule has 1 heterocycles. The summed E-state index contributed by atoms with van der Waals surface area (Å²) in [5.41, 5.74) is 2.76. The molecule has 0 spiro atoms. The van der Waals surface area contributed by atoms with Crippen LogP contribution in [0, 0.1) is 13.8 Å². The average Bonchev–Trinajstić information content (AvgIpc) is 3.27. The molecule has 0 aliphatic rings. The van der Waals surface area contributed by atoms with Gasteiger partial charge in [0.1, 0.15) is 11.3 Å². The van der Waals surface area contributed by atoms with Gasteiger partial charge in [0.25, 0.3) is 0 Å². The van der Waals surface area contributed by atoms with Crippen molar-refractivity contribution < 1.29 is 17.9 Å². The molecule has 2 aromatic carbocycles. The number of rotatable bonds is 11. The van der Waals surface area contributed by atoms with Crippen LogP contribution in [0.3, 0.4) is 0 Å². The van der Waals surface area contributed by atoms with Crippen molar-refractivity contribution in [2.24, 2.45) is 0 Å². The van der Waals surface area contributed by atoms with Gasteiger partial charge in [0.05, 0.1) is 22.5 Å². The summed E-state index contributed by atoms with van der Waals surface area (Å²) in [5.74, 6) is 0.156. The Morgan fingerprint density at radius 2 is 1.71 bits per heavy atom. The fraction of sp³-hybridized carbons (Fsp3) is 0.440. The van der Waals surface area contributed by atoms with E-state index in [4.69, 9.17) is 9.72 Å². The Bertz CT molecular complexity index is 1230. The van der Waals surface area contributed by atoms with Crippen molar-refractivity contribution in [1.29, 1.82) is 0 Å². The Kier molecular flexibility index (Phi) is 8.67. The molecule has 0 aliphatic heterocycles. The van der Waals surface area contributed by atoms with Gasteiger partial charge in [0.2, 0.25) is 5.91 Å². The molecule has 1 amide bonds. The Morgan fingerprint density at radius 3 is 2.32 bits per heavy atom. The van der Waals surface area contributed by atoms with Gasteiger partial charge >= 0.3 is 0 Å². The Hall–Kier alpha value is -2.49. The molecule has 7 nitrogen and oxygen atoms in total. The van der Waals surface area contributed by atoms with E-state index in [-0.39, 0.29) is 23.0 Å². The van der Waals surface area contributed by atoms with E-state index in [1.807, 2.05) is 26.0 Å².